The van der Waals surface area contributed by atoms with Gasteiger partial charge in [-0.2, -0.15) is 4.99 Å². The van der Waals surface area contributed by atoms with Gasteiger partial charge in [0.15, 0.2) is 5.96 Å². The van der Waals surface area contributed by atoms with Gasteiger partial charge in [0.25, 0.3) is 5.91 Å². The topological polar surface area (TPSA) is 95.7 Å². The lowest BCUT2D eigenvalue weighted by molar-refractivity contribution is 0.0998. The van der Waals surface area contributed by atoms with E-state index in [-0.39, 0.29) is 5.96 Å². The predicted molar refractivity (Wildman–Crippen MR) is 99.1 cm³/mol. The highest BCUT2D eigenvalue weighted by Gasteiger charge is 2.12. The van der Waals surface area contributed by atoms with Gasteiger partial charge in [-0.25, -0.2) is 0 Å². The Hall–Kier alpha value is -2.54. The third-order valence-electron chi connectivity index (χ3n) is 4.45. The molecule has 7 heteroatoms. The minimum Gasteiger partial charge on any atom is -0.496 e. The van der Waals surface area contributed by atoms with Crippen molar-refractivity contribution in [1.29, 1.82) is 0 Å². The third-order valence-corrected chi connectivity index (χ3v) is 4.45. The first-order valence-corrected chi connectivity index (χ1v) is 8.68. The van der Waals surface area contributed by atoms with Gasteiger partial charge in [-0.3, -0.25) is 4.79 Å². The first-order valence-electron chi connectivity index (χ1n) is 8.68. The van der Waals surface area contributed by atoms with Crippen LogP contribution in [-0.4, -0.2) is 55.0 Å². The molecular formula is C18H25N5O2. The van der Waals surface area contributed by atoms with Crippen LogP contribution in [0.3, 0.4) is 0 Å². The number of likely N-dealkylation sites (tertiary alicyclic amines) is 1. The van der Waals surface area contributed by atoms with E-state index in [1.165, 1.54) is 25.9 Å². The normalized spacial score (nSPS) is 15.6. The van der Waals surface area contributed by atoms with E-state index >= 15 is 0 Å². The molecule has 0 spiro atoms. The maximum absolute atomic E-state index is 12.3. The number of hydrogen-bond donors (Lipinski definition) is 3. The quantitative estimate of drug-likeness (QED) is 0.421. The third kappa shape index (κ3) is 4.30. The van der Waals surface area contributed by atoms with E-state index in [0.717, 1.165) is 23.9 Å². The molecule has 2 aromatic rings. The Morgan fingerprint density at radius 2 is 2.20 bits per heavy atom. The van der Waals surface area contributed by atoms with E-state index in [4.69, 9.17) is 10.5 Å². The van der Waals surface area contributed by atoms with Crippen molar-refractivity contribution in [2.75, 3.05) is 33.3 Å². The Bertz CT molecular complexity index is 762. The second kappa shape index (κ2) is 8.02. The van der Waals surface area contributed by atoms with Crippen LogP contribution in [0.15, 0.2) is 29.3 Å². The molecule has 1 aromatic carbocycles. The Morgan fingerprint density at radius 1 is 1.40 bits per heavy atom. The smallest absolute Gasteiger partial charge is 0.296 e. The number of methoxy groups -OCH3 is 1. The second-order valence-corrected chi connectivity index (χ2v) is 6.24. The molecule has 2 heterocycles. The first-order chi connectivity index (χ1) is 12.2. The number of benzene rings is 1. The Balaban J connectivity index is 1.55. The number of aromatic amines is 1. The SMILES string of the molecule is COc1cccc2[nH]c(C(=O)N=C(N)NCCCN3CCCC3)cc12. The van der Waals surface area contributed by atoms with Crippen LogP contribution in [0.4, 0.5) is 0 Å². The molecule has 0 atom stereocenters. The van der Waals surface area contributed by atoms with Crippen molar-refractivity contribution in [3.05, 3.63) is 30.0 Å². The molecule has 0 radical (unpaired) electrons. The van der Waals surface area contributed by atoms with E-state index in [1.807, 2.05) is 18.2 Å². The van der Waals surface area contributed by atoms with Crippen LogP contribution < -0.4 is 15.8 Å². The van der Waals surface area contributed by atoms with E-state index in [0.29, 0.717) is 18.0 Å². The highest BCUT2D eigenvalue weighted by molar-refractivity contribution is 6.04. The molecule has 4 N–H and O–H groups in total. The standard InChI is InChI=1S/C18H25N5O2/c1-25-16-7-4-6-14-13(16)12-15(21-14)17(24)22-18(19)20-8-5-11-23-9-2-3-10-23/h4,6-7,12,21H,2-3,5,8-11H2,1H3,(H3,19,20,22,24). The summed E-state index contributed by atoms with van der Waals surface area (Å²) >= 11 is 0. The summed E-state index contributed by atoms with van der Waals surface area (Å²) in [5, 5.41) is 3.85. The van der Waals surface area contributed by atoms with Gasteiger partial charge in [0.1, 0.15) is 11.4 Å². The summed E-state index contributed by atoms with van der Waals surface area (Å²) in [6, 6.07) is 7.34. The summed E-state index contributed by atoms with van der Waals surface area (Å²) in [4.78, 5) is 21.7. The molecule has 0 unspecified atom stereocenters. The van der Waals surface area contributed by atoms with Gasteiger partial charge in [-0.05, 0) is 57.1 Å². The maximum Gasteiger partial charge on any atom is 0.296 e. The van der Waals surface area contributed by atoms with E-state index in [1.54, 1.807) is 13.2 Å². The maximum atomic E-state index is 12.3. The number of ether oxygens (including phenoxy) is 1. The van der Waals surface area contributed by atoms with Crippen LogP contribution in [0.1, 0.15) is 29.8 Å². The molecule has 7 nitrogen and oxygen atoms in total. The van der Waals surface area contributed by atoms with Crippen LogP contribution in [0, 0.1) is 0 Å². The zero-order valence-electron chi connectivity index (χ0n) is 14.5. The van der Waals surface area contributed by atoms with Crippen molar-refractivity contribution >= 4 is 22.8 Å². The van der Waals surface area contributed by atoms with Crippen LogP contribution in [0.25, 0.3) is 10.9 Å². The number of nitrogens with two attached hydrogens (primary N) is 1. The predicted octanol–water partition coefficient (Wildman–Crippen LogP) is 1.71. The number of nitrogens with zero attached hydrogens (tertiary/aromatic N) is 2. The van der Waals surface area contributed by atoms with E-state index in [2.05, 4.69) is 20.2 Å². The number of fused-ring (bicyclic) bond motifs is 1. The van der Waals surface area contributed by atoms with Crippen molar-refractivity contribution in [2.45, 2.75) is 19.3 Å². The van der Waals surface area contributed by atoms with Crippen LogP contribution in [0.5, 0.6) is 5.75 Å². The largest absolute Gasteiger partial charge is 0.496 e. The number of carbonyl (C=O) groups excluding carboxylic acids is 1. The number of rotatable bonds is 6. The van der Waals surface area contributed by atoms with Crippen molar-refractivity contribution in [2.24, 2.45) is 10.7 Å². The number of aliphatic imine (C=N–C) groups is 1. The Labute approximate surface area is 147 Å². The van der Waals surface area contributed by atoms with Crippen LogP contribution in [0.2, 0.25) is 0 Å². The molecule has 1 aliphatic heterocycles. The summed E-state index contributed by atoms with van der Waals surface area (Å²) in [7, 11) is 1.60. The zero-order chi connectivity index (χ0) is 17.6. The highest BCUT2D eigenvalue weighted by atomic mass is 16.5. The van der Waals surface area contributed by atoms with E-state index < -0.39 is 5.91 Å². The number of nitrogens with one attached hydrogen (secondary N) is 2. The van der Waals surface area contributed by atoms with Crippen molar-refractivity contribution in [3.8, 4) is 5.75 Å². The van der Waals surface area contributed by atoms with Gasteiger partial charge in [0.05, 0.1) is 7.11 Å². The summed E-state index contributed by atoms with van der Waals surface area (Å²) in [6.07, 6.45) is 3.57. The van der Waals surface area contributed by atoms with Gasteiger partial charge in [-0.15, -0.1) is 0 Å². The Kier molecular flexibility index (Phi) is 5.55. The van der Waals surface area contributed by atoms with Crippen molar-refractivity contribution in [1.82, 2.24) is 15.2 Å². The molecule has 0 aliphatic carbocycles. The summed E-state index contributed by atoms with van der Waals surface area (Å²) in [6.45, 7) is 4.13. The lowest BCUT2D eigenvalue weighted by atomic mass is 10.2. The highest BCUT2D eigenvalue weighted by Crippen LogP contribution is 2.26. The minimum atomic E-state index is -0.400. The van der Waals surface area contributed by atoms with Gasteiger partial charge < -0.3 is 25.7 Å². The number of hydrogen-bond acceptors (Lipinski definition) is 3. The second-order valence-electron chi connectivity index (χ2n) is 6.24. The number of carbonyl (C=O) groups is 1. The molecule has 3 rings (SSSR count). The van der Waals surface area contributed by atoms with E-state index in [9.17, 15) is 4.79 Å². The number of guanidine groups is 1. The fourth-order valence-electron chi connectivity index (χ4n) is 3.16. The molecule has 1 fully saturated rings. The molecule has 0 bridgehead atoms. The average Bonchev–Trinajstić information content (AvgIpc) is 3.27. The molecule has 1 aliphatic rings. The summed E-state index contributed by atoms with van der Waals surface area (Å²) < 4.78 is 5.30. The summed E-state index contributed by atoms with van der Waals surface area (Å²) in [5.41, 5.74) is 7.04. The van der Waals surface area contributed by atoms with Crippen molar-refractivity contribution in [3.63, 3.8) is 0 Å². The molecule has 1 amide bonds. The Morgan fingerprint density at radius 3 is 2.96 bits per heavy atom. The monoisotopic (exact) mass is 343 g/mol. The lowest BCUT2D eigenvalue weighted by Crippen LogP contribution is -2.34. The number of aromatic nitrogens is 1. The fraction of sp³-hybridized carbons (Fsp3) is 0.444. The van der Waals surface area contributed by atoms with Gasteiger partial charge in [0.2, 0.25) is 0 Å². The number of H-pyrrole nitrogens is 1. The molecule has 1 saturated heterocycles. The number of amides is 1. The van der Waals surface area contributed by atoms with Crippen molar-refractivity contribution < 1.29 is 9.53 Å². The van der Waals surface area contributed by atoms with Crippen LogP contribution >= 0.6 is 0 Å². The minimum absolute atomic E-state index is 0.150. The molecule has 134 valence electrons. The molecule has 1 aromatic heterocycles. The zero-order valence-corrected chi connectivity index (χ0v) is 14.5. The fourth-order valence-corrected chi connectivity index (χ4v) is 3.16. The van der Waals surface area contributed by atoms with Gasteiger partial charge in [0, 0.05) is 17.4 Å². The molecule has 0 saturated carbocycles. The van der Waals surface area contributed by atoms with Gasteiger partial charge >= 0.3 is 0 Å². The first kappa shape index (κ1) is 17.3. The van der Waals surface area contributed by atoms with Gasteiger partial charge in [-0.1, -0.05) is 6.07 Å². The summed E-state index contributed by atoms with van der Waals surface area (Å²) in [5.74, 6) is 0.463. The van der Waals surface area contributed by atoms with Crippen LogP contribution in [-0.2, 0) is 0 Å². The lowest BCUT2D eigenvalue weighted by Gasteiger charge is -2.14. The average molecular weight is 343 g/mol. The molecule has 25 heavy (non-hydrogen) atoms. The molecular weight excluding hydrogens is 318 g/mol.